The van der Waals surface area contributed by atoms with E-state index < -0.39 is 5.79 Å². The minimum atomic E-state index is -0.707. The van der Waals surface area contributed by atoms with Gasteiger partial charge in [-0.2, -0.15) is 0 Å². The molecule has 0 radical (unpaired) electrons. The van der Waals surface area contributed by atoms with Gasteiger partial charge in [0.25, 0.3) is 0 Å². The van der Waals surface area contributed by atoms with Crippen LogP contribution in [0.15, 0.2) is 60.8 Å². The van der Waals surface area contributed by atoms with Crippen LogP contribution in [0.4, 0.5) is 0 Å². The summed E-state index contributed by atoms with van der Waals surface area (Å²) in [5.74, 6) is -0.236. The van der Waals surface area contributed by atoms with E-state index in [1.165, 1.54) is 0 Å². The van der Waals surface area contributed by atoms with Crippen LogP contribution in [0.3, 0.4) is 0 Å². The van der Waals surface area contributed by atoms with Gasteiger partial charge in [-0.1, -0.05) is 49.4 Å². The Morgan fingerprint density at radius 3 is 2.45 bits per heavy atom. The average molecular weight is 417 g/mol. The van der Waals surface area contributed by atoms with Crippen LogP contribution >= 0.6 is 0 Å². The van der Waals surface area contributed by atoms with Crippen LogP contribution in [-0.2, 0) is 20.1 Å². The van der Waals surface area contributed by atoms with Crippen LogP contribution in [-0.4, -0.2) is 42.1 Å². The van der Waals surface area contributed by atoms with Gasteiger partial charge in [0, 0.05) is 48.1 Å². The number of piperidine rings is 1. The molecule has 3 aromatic rings. The van der Waals surface area contributed by atoms with Crippen molar-refractivity contribution < 1.29 is 14.3 Å². The van der Waals surface area contributed by atoms with Crippen molar-refractivity contribution in [3.8, 4) is 11.1 Å². The number of fused-ring (bicyclic) bond motifs is 1. The fourth-order valence-corrected chi connectivity index (χ4v) is 4.92. The molecule has 0 saturated carbocycles. The third-order valence-electron chi connectivity index (χ3n) is 6.61. The number of carbonyl (C=O) groups excluding carboxylic acids is 1. The SMILES string of the molecule is CCC(=O)N1CCC(C2(c3ccc(-c4cnc5ccccc5c4)cc3)OCCO2)CC1. The van der Waals surface area contributed by atoms with Gasteiger partial charge in [0.2, 0.25) is 5.91 Å². The van der Waals surface area contributed by atoms with E-state index in [1.54, 1.807) is 0 Å². The summed E-state index contributed by atoms with van der Waals surface area (Å²) < 4.78 is 12.5. The topological polar surface area (TPSA) is 51.7 Å². The summed E-state index contributed by atoms with van der Waals surface area (Å²) in [6, 6.07) is 18.8. The molecule has 160 valence electrons. The zero-order valence-electron chi connectivity index (χ0n) is 17.9. The molecule has 31 heavy (non-hydrogen) atoms. The van der Waals surface area contributed by atoms with Gasteiger partial charge in [0.1, 0.15) is 0 Å². The maximum absolute atomic E-state index is 12.1. The van der Waals surface area contributed by atoms with Gasteiger partial charge in [-0.3, -0.25) is 9.78 Å². The lowest BCUT2D eigenvalue weighted by Gasteiger charge is -2.41. The number of aromatic nitrogens is 1. The first kappa shape index (κ1) is 20.2. The van der Waals surface area contributed by atoms with Crippen LogP contribution in [0.1, 0.15) is 31.7 Å². The molecular formula is C26H28N2O3. The smallest absolute Gasteiger partial charge is 0.222 e. The molecule has 0 bridgehead atoms. The molecule has 0 atom stereocenters. The number of carbonyl (C=O) groups is 1. The number of likely N-dealkylation sites (tertiary alicyclic amines) is 1. The lowest BCUT2D eigenvalue weighted by Crippen LogP contribution is -2.45. The molecule has 0 aliphatic carbocycles. The number of benzene rings is 2. The zero-order chi connectivity index (χ0) is 21.3. The van der Waals surface area contributed by atoms with Crippen molar-refractivity contribution in [1.82, 2.24) is 9.88 Å². The minimum absolute atomic E-state index is 0.231. The van der Waals surface area contributed by atoms with Gasteiger partial charge in [0.15, 0.2) is 5.79 Å². The molecule has 0 unspecified atom stereocenters. The number of para-hydroxylation sites is 1. The van der Waals surface area contributed by atoms with Crippen molar-refractivity contribution in [2.24, 2.45) is 5.92 Å². The molecule has 1 amide bonds. The van der Waals surface area contributed by atoms with Crippen molar-refractivity contribution in [2.75, 3.05) is 26.3 Å². The predicted octanol–water partition coefficient (Wildman–Crippen LogP) is 4.75. The maximum Gasteiger partial charge on any atom is 0.222 e. The number of hydrogen-bond acceptors (Lipinski definition) is 4. The first-order valence-electron chi connectivity index (χ1n) is 11.2. The molecule has 5 rings (SSSR count). The van der Waals surface area contributed by atoms with Gasteiger partial charge >= 0.3 is 0 Å². The Kier molecular flexibility index (Phi) is 5.47. The van der Waals surface area contributed by atoms with Crippen LogP contribution in [0, 0.1) is 5.92 Å². The lowest BCUT2D eigenvalue weighted by atomic mass is 9.83. The predicted molar refractivity (Wildman–Crippen MR) is 120 cm³/mol. The van der Waals surface area contributed by atoms with E-state index in [0.29, 0.717) is 19.6 Å². The highest BCUT2D eigenvalue weighted by molar-refractivity contribution is 5.83. The lowest BCUT2D eigenvalue weighted by molar-refractivity contribution is -0.214. The van der Waals surface area contributed by atoms with Crippen molar-refractivity contribution >= 4 is 16.8 Å². The second-order valence-electron chi connectivity index (χ2n) is 8.37. The molecule has 0 spiro atoms. The summed E-state index contributed by atoms with van der Waals surface area (Å²) in [7, 11) is 0. The Morgan fingerprint density at radius 1 is 1.03 bits per heavy atom. The van der Waals surface area contributed by atoms with E-state index in [-0.39, 0.29) is 11.8 Å². The number of pyridine rings is 1. The monoisotopic (exact) mass is 416 g/mol. The quantitative estimate of drug-likeness (QED) is 0.616. The Balaban J connectivity index is 1.39. The van der Waals surface area contributed by atoms with Gasteiger partial charge in [-0.25, -0.2) is 0 Å². The fourth-order valence-electron chi connectivity index (χ4n) is 4.92. The van der Waals surface area contributed by atoms with E-state index in [9.17, 15) is 4.79 Å². The Hall–Kier alpha value is -2.76. The molecule has 2 aliphatic heterocycles. The van der Waals surface area contributed by atoms with Crippen LogP contribution in [0.25, 0.3) is 22.0 Å². The van der Waals surface area contributed by atoms with Crippen molar-refractivity contribution in [3.63, 3.8) is 0 Å². The molecule has 2 aromatic carbocycles. The van der Waals surface area contributed by atoms with E-state index in [4.69, 9.17) is 9.47 Å². The van der Waals surface area contributed by atoms with Crippen LogP contribution < -0.4 is 0 Å². The Labute approximate surface area is 183 Å². The highest BCUT2D eigenvalue weighted by Crippen LogP contribution is 2.44. The summed E-state index contributed by atoms with van der Waals surface area (Å²) in [6.07, 6.45) is 4.27. The second-order valence-corrected chi connectivity index (χ2v) is 8.37. The summed E-state index contributed by atoms with van der Waals surface area (Å²) >= 11 is 0. The van der Waals surface area contributed by atoms with Crippen molar-refractivity contribution in [2.45, 2.75) is 32.0 Å². The molecule has 2 fully saturated rings. The summed E-state index contributed by atoms with van der Waals surface area (Å²) in [5.41, 5.74) is 4.28. The van der Waals surface area contributed by atoms with E-state index in [2.05, 4.69) is 41.4 Å². The third kappa shape index (κ3) is 3.73. The number of amides is 1. The average Bonchev–Trinajstić information content (AvgIpc) is 3.35. The van der Waals surface area contributed by atoms with E-state index >= 15 is 0 Å². The molecule has 1 aromatic heterocycles. The van der Waals surface area contributed by atoms with Crippen molar-refractivity contribution in [1.29, 1.82) is 0 Å². The highest BCUT2D eigenvalue weighted by Gasteiger charge is 2.47. The first-order valence-corrected chi connectivity index (χ1v) is 11.2. The minimum Gasteiger partial charge on any atom is -0.343 e. The van der Waals surface area contributed by atoms with Crippen LogP contribution in [0.2, 0.25) is 0 Å². The summed E-state index contributed by atoms with van der Waals surface area (Å²) in [4.78, 5) is 18.6. The van der Waals surface area contributed by atoms with Gasteiger partial charge < -0.3 is 14.4 Å². The molecule has 0 N–H and O–H groups in total. The van der Waals surface area contributed by atoms with Gasteiger partial charge in [0.05, 0.1) is 18.7 Å². The zero-order valence-corrected chi connectivity index (χ0v) is 17.9. The molecule has 2 aliphatic rings. The summed E-state index contributed by atoms with van der Waals surface area (Å²) in [5, 5.41) is 1.14. The largest absolute Gasteiger partial charge is 0.343 e. The molecule has 5 heteroatoms. The van der Waals surface area contributed by atoms with Crippen molar-refractivity contribution in [3.05, 3.63) is 66.4 Å². The second kappa shape index (κ2) is 8.40. The number of hydrogen-bond donors (Lipinski definition) is 0. The molecule has 3 heterocycles. The molecule has 2 saturated heterocycles. The number of rotatable bonds is 4. The Bertz CT molecular complexity index is 1070. The molecular weight excluding hydrogens is 388 g/mol. The summed E-state index contributed by atoms with van der Waals surface area (Å²) in [6.45, 7) is 4.67. The number of nitrogens with zero attached hydrogens (tertiary/aromatic N) is 2. The van der Waals surface area contributed by atoms with Gasteiger partial charge in [-0.15, -0.1) is 0 Å². The van der Waals surface area contributed by atoms with Gasteiger partial charge in [-0.05, 0) is 30.5 Å². The van der Waals surface area contributed by atoms with E-state index in [0.717, 1.165) is 53.5 Å². The standard InChI is InChI=1S/C26H28N2O3/c1-2-25(29)28-13-11-23(12-14-28)26(30-15-16-31-26)22-9-7-19(8-10-22)21-17-20-5-3-4-6-24(20)27-18-21/h3-10,17-18,23H,2,11-16H2,1H3. The number of ether oxygens (including phenoxy) is 2. The highest BCUT2D eigenvalue weighted by atomic mass is 16.7. The molecule has 5 nitrogen and oxygen atoms in total. The third-order valence-corrected chi connectivity index (χ3v) is 6.61. The van der Waals surface area contributed by atoms with E-state index in [1.807, 2.05) is 36.2 Å². The maximum atomic E-state index is 12.1. The Morgan fingerprint density at radius 2 is 1.74 bits per heavy atom. The normalized spacial score (nSPS) is 19.1. The van der Waals surface area contributed by atoms with Crippen LogP contribution in [0.5, 0.6) is 0 Å². The first-order chi connectivity index (χ1) is 15.2. The fraction of sp³-hybridized carbons (Fsp3) is 0.385.